The fraction of sp³-hybridized carbons (Fsp3) is 0.545. The van der Waals surface area contributed by atoms with Crippen molar-refractivity contribution in [2.24, 2.45) is 0 Å². The van der Waals surface area contributed by atoms with Gasteiger partial charge in [-0.2, -0.15) is 0 Å². The number of esters is 2. The van der Waals surface area contributed by atoms with Crippen LogP contribution in [0.1, 0.15) is 70.3 Å². The van der Waals surface area contributed by atoms with Gasteiger partial charge >= 0.3 is 11.9 Å². The molecule has 0 saturated carbocycles. The Hall–Kier alpha value is -2.10. The second-order valence-electron chi connectivity index (χ2n) is 6.57. The van der Waals surface area contributed by atoms with Crippen LogP contribution in [0.4, 0.5) is 0 Å². The second-order valence-corrected chi connectivity index (χ2v) is 6.57. The van der Waals surface area contributed by atoms with Crippen molar-refractivity contribution in [3.63, 3.8) is 0 Å². The van der Waals surface area contributed by atoms with E-state index in [0.717, 1.165) is 30.6 Å². The fourth-order valence-corrected chi connectivity index (χ4v) is 2.60. The van der Waals surface area contributed by atoms with E-state index in [9.17, 15) is 9.59 Å². The van der Waals surface area contributed by atoms with Crippen molar-refractivity contribution >= 4 is 11.9 Å². The number of carbonyl (C=O) groups is 2. The maximum Gasteiger partial charge on any atom is 0.336 e. The molecule has 0 aliphatic rings. The lowest BCUT2D eigenvalue weighted by Gasteiger charge is -2.03. The molecule has 4 heteroatoms. The third-order valence-electron chi connectivity index (χ3n) is 4.06. The standard InChI is InChI=1S/C22H32O4/c1-3-4-5-6-7-8-9-10-11-17-25-21(23)15-16-22(24)26-20-14-12-13-19(2)18-20/h12-16,18H,3-11,17H2,1-2H3/b16-15+. The van der Waals surface area contributed by atoms with Crippen LogP contribution in [-0.2, 0) is 14.3 Å². The zero-order valence-electron chi connectivity index (χ0n) is 16.2. The van der Waals surface area contributed by atoms with Crippen LogP contribution in [0, 0.1) is 6.92 Å². The summed E-state index contributed by atoms with van der Waals surface area (Å²) in [6.45, 7) is 4.53. The molecule has 0 saturated heterocycles. The van der Waals surface area contributed by atoms with Crippen molar-refractivity contribution in [2.75, 3.05) is 6.61 Å². The molecule has 1 aromatic carbocycles. The summed E-state index contributed by atoms with van der Waals surface area (Å²) in [5.74, 6) is -0.635. The summed E-state index contributed by atoms with van der Waals surface area (Å²) in [6, 6.07) is 7.17. The van der Waals surface area contributed by atoms with Crippen molar-refractivity contribution in [1.29, 1.82) is 0 Å². The highest BCUT2D eigenvalue weighted by molar-refractivity contribution is 5.92. The Labute approximate surface area is 157 Å². The topological polar surface area (TPSA) is 52.6 Å². The summed E-state index contributed by atoms with van der Waals surface area (Å²) in [4.78, 5) is 23.2. The van der Waals surface area contributed by atoms with Crippen LogP contribution in [-0.4, -0.2) is 18.5 Å². The van der Waals surface area contributed by atoms with Gasteiger partial charge in [0.15, 0.2) is 0 Å². The van der Waals surface area contributed by atoms with Gasteiger partial charge in [0.05, 0.1) is 6.61 Å². The van der Waals surface area contributed by atoms with E-state index >= 15 is 0 Å². The van der Waals surface area contributed by atoms with Gasteiger partial charge in [0, 0.05) is 12.2 Å². The third-order valence-corrected chi connectivity index (χ3v) is 4.06. The van der Waals surface area contributed by atoms with Gasteiger partial charge in [-0.3, -0.25) is 0 Å². The Morgan fingerprint density at radius 3 is 2.15 bits per heavy atom. The SMILES string of the molecule is CCCCCCCCCCCOC(=O)/C=C/C(=O)Oc1cccc(C)c1. The first kappa shape index (κ1) is 21.9. The molecule has 0 fully saturated rings. The van der Waals surface area contributed by atoms with E-state index in [1.165, 1.54) is 44.9 Å². The van der Waals surface area contributed by atoms with Gasteiger partial charge in [0.1, 0.15) is 5.75 Å². The summed E-state index contributed by atoms with van der Waals surface area (Å²) in [6.07, 6.45) is 13.2. The van der Waals surface area contributed by atoms with Gasteiger partial charge in [-0.15, -0.1) is 0 Å². The van der Waals surface area contributed by atoms with E-state index in [1.807, 2.05) is 13.0 Å². The Bertz CT molecular complexity index is 563. The maximum atomic E-state index is 11.7. The smallest absolute Gasteiger partial charge is 0.336 e. The molecule has 0 aromatic heterocycles. The number of aryl methyl sites for hydroxylation is 1. The quantitative estimate of drug-likeness (QED) is 0.201. The highest BCUT2D eigenvalue weighted by Crippen LogP contribution is 2.12. The molecule has 26 heavy (non-hydrogen) atoms. The van der Waals surface area contributed by atoms with E-state index in [2.05, 4.69) is 6.92 Å². The molecule has 0 unspecified atom stereocenters. The number of ether oxygens (including phenoxy) is 2. The molecule has 0 aliphatic carbocycles. The minimum atomic E-state index is -0.587. The fourth-order valence-electron chi connectivity index (χ4n) is 2.60. The van der Waals surface area contributed by atoms with E-state index in [-0.39, 0.29) is 0 Å². The van der Waals surface area contributed by atoms with Gasteiger partial charge in [-0.05, 0) is 31.0 Å². The number of hydrogen-bond acceptors (Lipinski definition) is 4. The molecule has 0 bridgehead atoms. The first-order valence-electron chi connectivity index (χ1n) is 9.75. The lowest BCUT2D eigenvalue weighted by molar-refractivity contribution is -0.138. The monoisotopic (exact) mass is 360 g/mol. The summed E-state index contributed by atoms with van der Waals surface area (Å²) in [7, 11) is 0. The zero-order chi connectivity index (χ0) is 19.0. The highest BCUT2D eigenvalue weighted by Gasteiger charge is 2.03. The largest absolute Gasteiger partial charge is 0.463 e. The van der Waals surface area contributed by atoms with Gasteiger partial charge in [-0.1, -0.05) is 70.4 Å². The summed E-state index contributed by atoms with van der Waals surface area (Å²) >= 11 is 0. The third kappa shape index (κ3) is 11.5. The lowest BCUT2D eigenvalue weighted by atomic mass is 10.1. The molecule has 0 aliphatic heterocycles. The van der Waals surface area contributed by atoms with Crippen molar-refractivity contribution in [3.8, 4) is 5.75 Å². The van der Waals surface area contributed by atoms with Crippen LogP contribution in [0.2, 0.25) is 0 Å². The van der Waals surface area contributed by atoms with E-state index < -0.39 is 11.9 Å². The molecular formula is C22H32O4. The van der Waals surface area contributed by atoms with E-state index in [1.54, 1.807) is 18.2 Å². The molecule has 1 rings (SSSR count). The first-order chi connectivity index (χ1) is 12.6. The Kier molecular flexibility index (Phi) is 11.9. The second kappa shape index (κ2) is 14.1. The van der Waals surface area contributed by atoms with E-state index in [4.69, 9.17) is 9.47 Å². The van der Waals surface area contributed by atoms with E-state index in [0.29, 0.717) is 12.4 Å². The van der Waals surface area contributed by atoms with Crippen LogP contribution in [0.15, 0.2) is 36.4 Å². The number of unbranched alkanes of at least 4 members (excludes halogenated alkanes) is 8. The normalized spacial score (nSPS) is 10.8. The Morgan fingerprint density at radius 1 is 0.885 bits per heavy atom. The molecule has 0 atom stereocenters. The predicted octanol–water partition coefficient (Wildman–Crippen LogP) is 5.53. The minimum Gasteiger partial charge on any atom is -0.463 e. The molecule has 0 radical (unpaired) electrons. The van der Waals surface area contributed by atoms with Gasteiger partial charge in [0.25, 0.3) is 0 Å². The maximum absolute atomic E-state index is 11.7. The number of carbonyl (C=O) groups excluding carboxylic acids is 2. The van der Waals surface area contributed by atoms with Crippen LogP contribution in [0.25, 0.3) is 0 Å². The number of rotatable bonds is 13. The van der Waals surface area contributed by atoms with Crippen molar-refractivity contribution < 1.29 is 19.1 Å². The van der Waals surface area contributed by atoms with Gasteiger partial charge in [-0.25, -0.2) is 9.59 Å². The van der Waals surface area contributed by atoms with Crippen LogP contribution < -0.4 is 4.74 Å². The van der Waals surface area contributed by atoms with Crippen molar-refractivity contribution in [1.82, 2.24) is 0 Å². The molecule has 4 nitrogen and oxygen atoms in total. The molecular weight excluding hydrogens is 328 g/mol. The highest BCUT2D eigenvalue weighted by atomic mass is 16.5. The zero-order valence-corrected chi connectivity index (χ0v) is 16.2. The molecule has 0 N–H and O–H groups in total. The average Bonchev–Trinajstić information content (AvgIpc) is 2.61. The average molecular weight is 360 g/mol. The first-order valence-corrected chi connectivity index (χ1v) is 9.75. The summed E-state index contributed by atoms with van der Waals surface area (Å²) in [5, 5.41) is 0. The van der Waals surface area contributed by atoms with Crippen molar-refractivity contribution in [3.05, 3.63) is 42.0 Å². The summed E-state index contributed by atoms with van der Waals surface area (Å²) < 4.78 is 10.2. The van der Waals surface area contributed by atoms with Crippen LogP contribution in [0.3, 0.4) is 0 Å². The molecule has 0 spiro atoms. The van der Waals surface area contributed by atoms with Gasteiger partial charge in [0.2, 0.25) is 0 Å². The minimum absolute atomic E-state index is 0.395. The lowest BCUT2D eigenvalue weighted by Crippen LogP contribution is -2.07. The Balaban J connectivity index is 2.05. The predicted molar refractivity (Wildman–Crippen MR) is 104 cm³/mol. The number of hydrogen-bond donors (Lipinski definition) is 0. The van der Waals surface area contributed by atoms with Crippen LogP contribution in [0.5, 0.6) is 5.75 Å². The Morgan fingerprint density at radius 2 is 1.50 bits per heavy atom. The van der Waals surface area contributed by atoms with Crippen molar-refractivity contribution in [2.45, 2.75) is 71.6 Å². The molecule has 0 heterocycles. The number of benzene rings is 1. The molecule has 1 aromatic rings. The van der Waals surface area contributed by atoms with Gasteiger partial charge < -0.3 is 9.47 Å². The molecule has 0 amide bonds. The summed E-state index contributed by atoms with van der Waals surface area (Å²) in [5.41, 5.74) is 1.000. The molecule has 144 valence electrons. The van der Waals surface area contributed by atoms with Crippen LogP contribution >= 0.6 is 0 Å².